The highest BCUT2D eigenvalue weighted by Crippen LogP contribution is 2.46. The van der Waals surface area contributed by atoms with Crippen LogP contribution in [0.3, 0.4) is 0 Å². The van der Waals surface area contributed by atoms with Crippen LogP contribution in [0.5, 0.6) is 5.75 Å². The van der Waals surface area contributed by atoms with Crippen LogP contribution >= 0.6 is 0 Å². The molecular weight excluding hydrogens is 252 g/mol. The summed E-state index contributed by atoms with van der Waals surface area (Å²) < 4.78 is 5.80. The maximum atomic E-state index is 12.0. The van der Waals surface area contributed by atoms with Crippen molar-refractivity contribution < 1.29 is 14.6 Å². The zero-order valence-electron chi connectivity index (χ0n) is 12.0. The third-order valence-electron chi connectivity index (χ3n) is 5.19. The summed E-state index contributed by atoms with van der Waals surface area (Å²) in [7, 11) is 0. The number of rotatable bonds is 2. The second-order valence-electron chi connectivity index (χ2n) is 6.49. The fourth-order valence-electron chi connectivity index (χ4n) is 3.77. The van der Waals surface area contributed by atoms with Crippen LogP contribution in [0, 0.1) is 17.3 Å². The summed E-state index contributed by atoms with van der Waals surface area (Å²) in [5, 5.41) is 9.85. The van der Waals surface area contributed by atoms with Crippen LogP contribution < -0.4 is 4.74 Å². The molecule has 20 heavy (non-hydrogen) atoms. The molecule has 1 N–H and O–H groups in total. The quantitative estimate of drug-likeness (QED) is 0.897. The van der Waals surface area contributed by atoms with Crippen molar-refractivity contribution in [3.63, 3.8) is 0 Å². The van der Waals surface area contributed by atoms with Gasteiger partial charge in [0.05, 0.1) is 0 Å². The Balaban J connectivity index is 1.89. The minimum Gasteiger partial charge on any atom is -0.492 e. The first-order chi connectivity index (χ1) is 9.62. The number of aliphatic carboxylic acids is 1. The van der Waals surface area contributed by atoms with Gasteiger partial charge in [-0.2, -0.15) is 0 Å². The molecule has 0 radical (unpaired) electrons. The second-order valence-corrected chi connectivity index (χ2v) is 6.49. The van der Waals surface area contributed by atoms with Gasteiger partial charge in [0.1, 0.15) is 17.8 Å². The molecule has 1 aromatic rings. The Hall–Kier alpha value is -1.51. The molecule has 3 rings (SSSR count). The van der Waals surface area contributed by atoms with Gasteiger partial charge in [0, 0.05) is 0 Å². The van der Waals surface area contributed by atoms with Gasteiger partial charge in [-0.15, -0.1) is 0 Å². The molecule has 108 valence electrons. The highest BCUT2D eigenvalue weighted by molar-refractivity contribution is 5.76. The second kappa shape index (κ2) is 5.12. The summed E-state index contributed by atoms with van der Waals surface area (Å²) >= 11 is 0. The minimum absolute atomic E-state index is 0.240. The number of ether oxygens (including phenoxy) is 1. The number of carboxylic acids is 1. The summed E-state index contributed by atoms with van der Waals surface area (Å²) in [4.78, 5) is 12.0. The van der Waals surface area contributed by atoms with Crippen LogP contribution in [0.15, 0.2) is 24.3 Å². The van der Waals surface area contributed by atoms with Gasteiger partial charge in [-0.25, -0.2) is 0 Å². The molecule has 3 heteroatoms. The Morgan fingerprint density at radius 3 is 2.65 bits per heavy atom. The average Bonchev–Trinajstić information content (AvgIpc) is 2.47. The van der Waals surface area contributed by atoms with Crippen LogP contribution in [0.4, 0.5) is 0 Å². The zero-order valence-corrected chi connectivity index (χ0v) is 12.0. The maximum absolute atomic E-state index is 12.0. The molecule has 3 nitrogen and oxygen atoms in total. The van der Waals surface area contributed by atoms with Gasteiger partial charge in [0.2, 0.25) is 0 Å². The maximum Gasteiger partial charge on any atom is 0.313 e. The molecule has 1 aromatic carbocycles. The topological polar surface area (TPSA) is 46.5 Å². The van der Waals surface area contributed by atoms with E-state index in [1.54, 1.807) is 0 Å². The molecule has 1 heterocycles. The fraction of sp³-hybridized carbons (Fsp3) is 0.588. The van der Waals surface area contributed by atoms with Crippen LogP contribution in [-0.2, 0) is 11.2 Å². The number of carbonyl (C=O) groups is 1. The molecule has 0 saturated heterocycles. The van der Waals surface area contributed by atoms with Gasteiger partial charge in [0.25, 0.3) is 0 Å². The molecular formula is C17H22O3. The number of benzene rings is 1. The van der Waals surface area contributed by atoms with Gasteiger partial charge in [0.15, 0.2) is 0 Å². The van der Waals surface area contributed by atoms with E-state index >= 15 is 0 Å². The molecule has 1 atom stereocenters. The molecule has 2 aliphatic rings. The van der Waals surface area contributed by atoms with E-state index < -0.39 is 11.4 Å². The molecule has 1 unspecified atom stereocenters. The van der Waals surface area contributed by atoms with Crippen LogP contribution in [-0.4, -0.2) is 17.7 Å². The van der Waals surface area contributed by atoms with E-state index in [1.807, 2.05) is 24.3 Å². The number of carboxylic acid groups (broad SMARTS) is 1. The Morgan fingerprint density at radius 2 is 1.95 bits per heavy atom. The lowest BCUT2D eigenvalue weighted by Gasteiger charge is -2.43. The van der Waals surface area contributed by atoms with Crippen LogP contribution in [0.1, 0.15) is 38.2 Å². The molecule has 1 aliphatic carbocycles. The molecule has 1 aliphatic heterocycles. The normalized spacial score (nSPS) is 33.0. The number of hydrogen-bond donors (Lipinski definition) is 1. The lowest BCUT2D eigenvalue weighted by molar-refractivity contribution is -0.157. The molecule has 0 spiro atoms. The van der Waals surface area contributed by atoms with E-state index in [1.165, 1.54) is 0 Å². The number of fused-ring (bicyclic) bond motifs is 1. The summed E-state index contributed by atoms with van der Waals surface area (Å²) in [6.07, 6.45) is 4.91. The van der Waals surface area contributed by atoms with Crippen molar-refractivity contribution in [3.05, 3.63) is 29.8 Å². The standard InChI is InChI=1S/C17H22O3/c1-12-6-8-14(9-7-12)17(16(18)19)10-13-4-2-3-5-15(13)20-11-17/h2-5,12,14H,6-11H2,1H3,(H,18,19). The molecule has 0 bridgehead atoms. The van der Waals surface area contributed by atoms with E-state index in [4.69, 9.17) is 4.74 Å². The summed E-state index contributed by atoms with van der Waals surface area (Å²) in [6.45, 7) is 2.58. The monoisotopic (exact) mass is 274 g/mol. The van der Waals surface area contributed by atoms with Crippen molar-refractivity contribution in [1.29, 1.82) is 0 Å². The average molecular weight is 274 g/mol. The third-order valence-corrected chi connectivity index (χ3v) is 5.19. The summed E-state index contributed by atoms with van der Waals surface area (Å²) in [5.74, 6) is 1.14. The predicted octanol–water partition coefficient (Wildman–Crippen LogP) is 3.52. The molecule has 1 saturated carbocycles. The minimum atomic E-state index is -0.728. The predicted molar refractivity (Wildman–Crippen MR) is 76.8 cm³/mol. The Morgan fingerprint density at radius 1 is 1.25 bits per heavy atom. The first-order valence-corrected chi connectivity index (χ1v) is 7.56. The van der Waals surface area contributed by atoms with Crippen molar-refractivity contribution >= 4 is 5.97 Å². The van der Waals surface area contributed by atoms with Gasteiger partial charge in [-0.05, 0) is 42.7 Å². The van der Waals surface area contributed by atoms with Gasteiger partial charge in [-0.1, -0.05) is 38.0 Å². The van der Waals surface area contributed by atoms with Crippen molar-refractivity contribution in [2.24, 2.45) is 17.3 Å². The number of para-hydroxylation sites is 1. The lowest BCUT2D eigenvalue weighted by atomic mass is 9.64. The van der Waals surface area contributed by atoms with E-state index in [0.717, 1.165) is 42.9 Å². The largest absolute Gasteiger partial charge is 0.492 e. The highest BCUT2D eigenvalue weighted by atomic mass is 16.5. The summed E-state index contributed by atoms with van der Waals surface area (Å²) in [5.41, 5.74) is 0.314. The fourth-order valence-corrected chi connectivity index (χ4v) is 3.77. The van der Waals surface area contributed by atoms with E-state index in [-0.39, 0.29) is 5.92 Å². The van der Waals surface area contributed by atoms with E-state index in [2.05, 4.69) is 6.92 Å². The zero-order chi connectivity index (χ0) is 14.2. The Kier molecular flexibility index (Phi) is 3.45. The number of hydrogen-bond acceptors (Lipinski definition) is 2. The van der Waals surface area contributed by atoms with Crippen LogP contribution in [0.2, 0.25) is 0 Å². The van der Waals surface area contributed by atoms with Crippen LogP contribution in [0.25, 0.3) is 0 Å². The molecule has 0 aromatic heterocycles. The smallest absolute Gasteiger partial charge is 0.313 e. The SMILES string of the molecule is CC1CCC(C2(C(=O)O)COc3ccccc3C2)CC1. The Bertz CT molecular complexity index is 503. The van der Waals surface area contributed by atoms with Crippen molar-refractivity contribution in [1.82, 2.24) is 0 Å². The van der Waals surface area contributed by atoms with Crippen molar-refractivity contribution in [3.8, 4) is 5.75 Å². The third kappa shape index (κ3) is 2.19. The lowest BCUT2D eigenvalue weighted by Crippen LogP contribution is -2.48. The summed E-state index contributed by atoms with van der Waals surface area (Å²) in [6, 6.07) is 7.83. The van der Waals surface area contributed by atoms with E-state index in [9.17, 15) is 9.90 Å². The first kappa shape index (κ1) is 13.5. The Labute approximate surface area is 120 Å². The molecule has 1 fully saturated rings. The van der Waals surface area contributed by atoms with Gasteiger partial charge in [-0.3, -0.25) is 4.79 Å². The highest BCUT2D eigenvalue weighted by Gasteiger charge is 2.49. The molecule has 0 amide bonds. The first-order valence-electron chi connectivity index (χ1n) is 7.56. The van der Waals surface area contributed by atoms with Gasteiger partial charge >= 0.3 is 5.97 Å². The van der Waals surface area contributed by atoms with Gasteiger partial charge < -0.3 is 9.84 Å². The van der Waals surface area contributed by atoms with Crippen molar-refractivity contribution in [2.45, 2.75) is 39.0 Å². The van der Waals surface area contributed by atoms with Crippen molar-refractivity contribution in [2.75, 3.05) is 6.61 Å². The van der Waals surface area contributed by atoms with E-state index in [0.29, 0.717) is 13.0 Å².